The van der Waals surface area contributed by atoms with Gasteiger partial charge >= 0.3 is 0 Å². The average Bonchev–Trinajstić information content (AvgIpc) is 3.21. The second-order valence-corrected chi connectivity index (χ2v) is 7.07. The lowest BCUT2D eigenvalue weighted by atomic mass is 10.0. The van der Waals surface area contributed by atoms with E-state index in [-0.39, 0.29) is 0 Å². The van der Waals surface area contributed by atoms with Crippen molar-refractivity contribution in [3.63, 3.8) is 0 Å². The lowest BCUT2D eigenvalue weighted by Gasteiger charge is -2.02. The number of nitrogens with zero attached hydrogens (tertiary/aromatic N) is 1. The zero-order valence-corrected chi connectivity index (χ0v) is 17.0. The van der Waals surface area contributed by atoms with Gasteiger partial charge in [-0.05, 0) is 25.8 Å². The molecule has 0 radical (unpaired) electrons. The topological polar surface area (TPSA) is 50.4 Å². The van der Waals surface area contributed by atoms with Gasteiger partial charge in [-0.2, -0.15) is 0 Å². The summed E-state index contributed by atoms with van der Waals surface area (Å²) >= 11 is 0. The minimum absolute atomic E-state index is 0.787. The van der Waals surface area contributed by atoms with Crippen LogP contribution in [-0.4, -0.2) is 26.0 Å². The molecule has 0 aromatic rings. The second-order valence-electron chi connectivity index (χ2n) is 7.07. The Morgan fingerprint density at radius 3 is 1.72 bits per heavy atom. The molecule has 0 amide bonds. The normalized spacial score (nSPS) is 13.0. The maximum atomic E-state index is 5.44. The van der Waals surface area contributed by atoms with Gasteiger partial charge in [-0.25, -0.2) is 0 Å². The van der Waals surface area contributed by atoms with Crippen molar-refractivity contribution < 1.29 is 0 Å². The predicted molar refractivity (Wildman–Crippen MR) is 114 cm³/mol. The van der Waals surface area contributed by atoms with Gasteiger partial charge < -0.3 is 11.1 Å². The van der Waals surface area contributed by atoms with Crippen molar-refractivity contribution in [2.45, 2.75) is 103 Å². The van der Waals surface area contributed by atoms with E-state index in [2.05, 4.69) is 29.4 Å². The van der Waals surface area contributed by atoms with E-state index in [1.54, 1.807) is 6.34 Å². The fraction of sp³-hybridized carbons (Fsp3) is 0.864. The number of nitrogens with two attached hydrogens (primary N) is 1. The molecule has 3 heteroatoms. The first-order valence-corrected chi connectivity index (χ1v) is 11.0. The molecule has 0 aromatic carbocycles. The van der Waals surface area contributed by atoms with E-state index in [0.29, 0.717) is 0 Å². The quantitative estimate of drug-likeness (QED) is 0.265. The Kier molecular flexibility index (Phi) is 22.4. The molecule has 0 bridgehead atoms. The van der Waals surface area contributed by atoms with Crippen LogP contribution in [0.15, 0.2) is 17.1 Å². The lowest BCUT2D eigenvalue weighted by Crippen LogP contribution is -2.04. The Morgan fingerprint density at radius 1 is 0.800 bits per heavy atom. The highest BCUT2D eigenvalue weighted by molar-refractivity contribution is 5.56. The molecule has 0 aliphatic carbocycles. The molecule has 1 heterocycles. The summed E-state index contributed by atoms with van der Waals surface area (Å²) in [6.07, 6.45) is 27.2. The molecule has 0 spiro atoms. The Bertz CT molecular complexity index is 281. The second kappa shape index (κ2) is 23.2. The first-order valence-electron chi connectivity index (χ1n) is 11.0. The van der Waals surface area contributed by atoms with Gasteiger partial charge in [0.25, 0.3) is 0 Å². The van der Waals surface area contributed by atoms with E-state index in [9.17, 15) is 0 Å². The molecule has 1 rings (SSSR count). The molecule has 0 atom stereocenters. The highest BCUT2D eigenvalue weighted by Gasteiger charge is 1.93. The molecule has 25 heavy (non-hydrogen) atoms. The minimum Gasteiger partial charge on any atom is -0.375 e. The van der Waals surface area contributed by atoms with Gasteiger partial charge in [0.15, 0.2) is 0 Å². The number of allylic oxidation sites excluding steroid dienone is 1. The Labute approximate surface area is 157 Å². The van der Waals surface area contributed by atoms with E-state index >= 15 is 0 Å². The van der Waals surface area contributed by atoms with E-state index in [1.807, 2.05) is 0 Å². The molecule has 0 aromatic heterocycles. The summed E-state index contributed by atoms with van der Waals surface area (Å²) in [6, 6.07) is 0. The number of unbranched alkanes of at least 4 members (excludes halogenated alkanes) is 13. The van der Waals surface area contributed by atoms with Crippen molar-refractivity contribution in [3.05, 3.63) is 12.2 Å². The minimum atomic E-state index is 0.787. The maximum absolute atomic E-state index is 5.44. The van der Waals surface area contributed by atoms with Gasteiger partial charge in [0.2, 0.25) is 0 Å². The zero-order valence-electron chi connectivity index (χ0n) is 17.0. The monoisotopic (exact) mass is 351 g/mol. The van der Waals surface area contributed by atoms with Crippen LogP contribution in [0, 0.1) is 0 Å². The van der Waals surface area contributed by atoms with Crippen molar-refractivity contribution in [3.8, 4) is 0 Å². The summed E-state index contributed by atoms with van der Waals surface area (Å²) in [4.78, 5) is 3.85. The van der Waals surface area contributed by atoms with Gasteiger partial charge in [-0.15, -0.1) is 0 Å². The Balaban J connectivity index is 0.000000972. The molecular weight excluding hydrogens is 306 g/mol. The van der Waals surface area contributed by atoms with Crippen LogP contribution in [0.4, 0.5) is 0 Å². The number of hydrogen-bond donors (Lipinski definition) is 2. The number of nitrogens with one attached hydrogen (secondary N) is 1. The van der Waals surface area contributed by atoms with Gasteiger partial charge in [0, 0.05) is 6.54 Å². The fourth-order valence-corrected chi connectivity index (χ4v) is 2.93. The number of aliphatic imine (C=N–C) groups is 1. The van der Waals surface area contributed by atoms with Crippen LogP contribution in [-0.2, 0) is 0 Å². The number of hydrogen-bond acceptors (Lipinski definition) is 3. The Morgan fingerprint density at radius 2 is 1.32 bits per heavy atom. The fourth-order valence-electron chi connectivity index (χ4n) is 2.93. The van der Waals surface area contributed by atoms with Crippen molar-refractivity contribution in [1.29, 1.82) is 0 Å². The van der Waals surface area contributed by atoms with Crippen molar-refractivity contribution in [2.24, 2.45) is 10.7 Å². The highest BCUT2D eigenvalue weighted by Crippen LogP contribution is 2.12. The summed E-state index contributed by atoms with van der Waals surface area (Å²) in [5.74, 6) is 0. The van der Waals surface area contributed by atoms with Gasteiger partial charge in [0.05, 0.1) is 12.9 Å². The summed E-state index contributed by atoms with van der Waals surface area (Å²) < 4.78 is 0. The van der Waals surface area contributed by atoms with Crippen LogP contribution < -0.4 is 11.1 Å². The molecule has 0 saturated carbocycles. The van der Waals surface area contributed by atoms with Crippen LogP contribution in [0.2, 0.25) is 0 Å². The van der Waals surface area contributed by atoms with Crippen molar-refractivity contribution >= 4 is 6.34 Å². The van der Waals surface area contributed by atoms with Gasteiger partial charge in [-0.3, -0.25) is 4.99 Å². The first-order chi connectivity index (χ1) is 12.4. The van der Waals surface area contributed by atoms with Crippen molar-refractivity contribution in [1.82, 2.24) is 5.32 Å². The largest absolute Gasteiger partial charge is 0.375 e. The molecule has 0 fully saturated rings. The third-order valence-electron chi connectivity index (χ3n) is 4.54. The third-order valence-corrected chi connectivity index (χ3v) is 4.54. The molecule has 1 aliphatic heterocycles. The molecule has 3 nitrogen and oxygen atoms in total. The van der Waals surface area contributed by atoms with E-state index in [1.165, 1.54) is 89.9 Å². The van der Waals surface area contributed by atoms with Crippen LogP contribution in [0.5, 0.6) is 0 Å². The molecule has 3 N–H and O–H groups in total. The number of rotatable bonds is 16. The first kappa shape index (κ1) is 24.2. The highest BCUT2D eigenvalue weighted by atomic mass is 15.0. The molecule has 0 saturated heterocycles. The maximum Gasteiger partial charge on any atom is 0.0825 e. The molecule has 148 valence electrons. The van der Waals surface area contributed by atoms with Crippen molar-refractivity contribution in [2.75, 3.05) is 19.6 Å². The summed E-state index contributed by atoms with van der Waals surface area (Å²) in [7, 11) is 0. The average molecular weight is 352 g/mol. The Hall–Kier alpha value is -0.830. The molecule has 0 unspecified atom stereocenters. The molecular formula is C22H45N3. The van der Waals surface area contributed by atoms with Crippen LogP contribution >= 0.6 is 0 Å². The van der Waals surface area contributed by atoms with Gasteiger partial charge in [0.1, 0.15) is 0 Å². The molecule has 1 aliphatic rings. The summed E-state index contributed by atoms with van der Waals surface area (Å²) in [5.41, 5.74) is 5.44. The van der Waals surface area contributed by atoms with E-state index < -0.39 is 0 Å². The standard InChI is InChI=1S/C19H39N.C3H6N2/c1-2-3-4-5-6-7-8-9-10-11-12-13-14-15-16-17-18-19-20;1-2-5-3-4-1/h16-17H,2-15,18-20H2,1H3;3H,1-2H2,(H,4,5). The van der Waals surface area contributed by atoms with Crippen LogP contribution in [0.1, 0.15) is 103 Å². The predicted octanol–water partition coefficient (Wildman–Crippen LogP) is 5.99. The zero-order chi connectivity index (χ0) is 18.3. The summed E-state index contributed by atoms with van der Waals surface area (Å²) in [6.45, 7) is 5.06. The SMILES string of the molecule is C1=NCCN1.CCCCCCCCCCCCCCCC=CCCN. The lowest BCUT2D eigenvalue weighted by molar-refractivity contribution is 0.540. The van der Waals surface area contributed by atoms with Crippen LogP contribution in [0.3, 0.4) is 0 Å². The van der Waals surface area contributed by atoms with E-state index in [4.69, 9.17) is 5.73 Å². The van der Waals surface area contributed by atoms with Crippen LogP contribution in [0.25, 0.3) is 0 Å². The van der Waals surface area contributed by atoms with Gasteiger partial charge in [-0.1, -0.05) is 96.1 Å². The smallest absolute Gasteiger partial charge is 0.0825 e. The van der Waals surface area contributed by atoms with E-state index in [0.717, 1.165) is 26.1 Å². The third kappa shape index (κ3) is 23.2. The summed E-state index contributed by atoms with van der Waals surface area (Å²) in [5, 5.41) is 2.93.